The molecule has 3 rings (SSSR count). The molecule has 0 unspecified atom stereocenters. The first-order valence-corrected chi connectivity index (χ1v) is 8.08. The van der Waals surface area contributed by atoms with Crippen molar-refractivity contribution in [1.82, 2.24) is 9.97 Å². The van der Waals surface area contributed by atoms with E-state index in [1.807, 2.05) is 55.4 Å². The molecule has 4 nitrogen and oxygen atoms in total. The molecule has 0 saturated carbocycles. The molecule has 0 atom stereocenters. The lowest BCUT2D eigenvalue weighted by atomic mass is 10.1. The SMILES string of the molecule is CC(=O)c1sc(-c2ccncc2)nc1-c1ccccc1N(C)C. The first-order chi connectivity index (χ1) is 11.1. The Hall–Kier alpha value is -2.53. The highest BCUT2D eigenvalue weighted by Crippen LogP contribution is 2.37. The maximum absolute atomic E-state index is 12.1. The molecule has 0 radical (unpaired) electrons. The van der Waals surface area contributed by atoms with Crippen LogP contribution < -0.4 is 4.90 Å². The summed E-state index contributed by atoms with van der Waals surface area (Å²) >= 11 is 1.43. The van der Waals surface area contributed by atoms with Crippen LogP contribution in [0.5, 0.6) is 0 Å². The average molecular weight is 323 g/mol. The Bertz CT molecular complexity index is 840. The van der Waals surface area contributed by atoms with Crippen molar-refractivity contribution in [2.24, 2.45) is 0 Å². The summed E-state index contributed by atoms with van der Waals surface area (Å²) < 4.78 is 0. The summed E-state index contributed by atoms with van der Waals surface area (Å²) in [4.78, 5) is 23.6. The first-order valence-electron chi connectivity index (χ1n) is 7.27. The number of rotatable bonds is 4. The molecule has 23 heavy (non-hydrogen) atoms. The number of ketones is 1. The van der Waals surface area contributed by atoms with Gasteiger partial charge >= 0.3 is 0 Å². The number of nitrogens with zero attached hydrogens (tertiary/aromatic N) is 3. The number of Topliss-reactive ketones (excluding diaryl/α,β-unsaturated/α-hetero) is 1. The first kappa shape index (κ1) is 15.4. The summed E-state index contributed by atoms with van der Waals surface area (Å²) in [5, 5.41) is 0.834. The number of pyridine rings is 1. The number of hydrogen-bond acceptors (Lipinski definition) is 5. The van der Waals surface area contributed by atoms with Gasteiger partial charge in [-0.2, -0.15) is 0 Å². The molecule has 0 spiro atoms. The largest absolute Gasteiger partial charge is 0.377 e. The quantitative estimate of drug-likeness (QED) is 0.677. The van der Waals surface area contributed by atoms with Crippen LogP contribution in [0, 0.1) is 0 Å². The Labute approximate surface area is 139 Å². The minimum atomic E-state index is 0.0337. The average Bonchev–Trinajstić information content (AvgIpc) is 3.01. The van der Waals surface area contributed by atoms with Gasteiger partial charge in [-0.05, 0) is 18.2 Å². The zero-order chi connectivity index (χ0) is 16.4. The molecule has 0 N–H and O–H groups in total. The molecular formula is C18H17N3OS. The van der Waals surface area contributed by atoms with Gasteiger partial charge in [0.2, 0.25) is 0 Å². The summed E-state index contributed by atoms with van der Waals surface area (Å²) in [7, 11) is 3.98. The van der Waals surface area contributed by atoms with Crippen molar-refractivity contribution >= 4 is 22.8 Å². The van der Waals surface area contributed by atoms with Crippen molar-refractivity contribution in [2.45, 2.75) is 6.92 Å². The third-order valence-electron chi connectivity index (χ3n) is 3.52. The van der Waals surface area contributed by atoms with Crippen molar-refractivity contribution in [2.75, 3.05) is 19.0 Å². The van der Waals surface area contributed by atoms with E-state index in [0.717, 1.165) is 27.5 Å². The normalized spacial score (nSPS) is 10.6. The summed E-state index contributed by atoms with van der Waals surface area (Å²) in [6, 6.07) is 11.8. The number of benzene rings is 1. The lowest BCUT2D eigenvalue weighted by Gasteiger charge is -2.16. The predicted octanol–water partition coefficient (Wildman–Crippen LogP) is 4.14. The number of aromatic nitrogens is 2. The summed E-state index contributed by atoms with van der Waals surface area (Å²) in [6.07, 6.45) is 3.47. The van der Waals surface area contributed by atoms with Crippen LogP contribution in [-0.2, 0) is 0 Å². The van der Waals surface area contributed by atoms with Gasteiger partial charge in [0.15, 0.2) is 5.78 Å². The smallest absolute Gasteiger partial charge is 0.172 e. The summed E-state index contributed by atoms with van der Waals surface area (Å²) in [6.45, 7) is 1.59. The van der Waals surface area contributed by atoms with Crippen LogP contribution in [0.2, 0.25) is 0 Å². The molecule has 2 aromatic heterocycles. The van der Waals surface area contributed by atoms with Crippen LogP contribution in [0.15, 0.2) is 48.8 Å². The van der Waals surface area contributed by atoms with E-state index in [9.17, 15) is 4.79 Å². The van der Waals surface area contributed by atoms with Crippen LogP contribution in [0.3, 0.4) is 0 Å². The molecule has 0 amide bonds. The van der Waals surface area contributed by atoms with E-state index in [1.54, 1.807) is 19.3 Å². The minimum Gasteiger partial charge on any atom is -0.377 e. The molecule has 3 aromatic rings. The van der Waals surface area contributed by atoms with E-state index in [0.29, 0.717) is 4.88 Å². The monoisotopic (exact) mass is 323 g/mol. The molecule has 0 saturated heterocycles. The molecule has 116 valence electrons. The number of thiazole rings is 1. The molecule has 0 fully saturated rings. The van der Waals surface area contributed by atoms with Gasteiger partial charge in [-0.25, -0.2) is 4.98 Å². The number of anilines is 1. The highest BCUT2D eigenvalue weighted by atomic mass is 32.1. The Morgan fingerprint density at radius 1 is 1.09 bits per heavy atom. The number of hydrogen-bond donors (Lipinski definition) is 0. The molecule has 1 aromatic carbocycles. The molecule has 0 aliphatic carbocycles. The Balaban J connectivity index is 2.20. The van der Waals surface area contributed by atoms with Crippen LogP contribution in [0.4, 0.5) is 5.69 Å². The van der Waals surface area contributed by atoms with E-state index in [1.165, 1.54) is 11.3 Å². The zero-order valence-corrected chi connectivity index (χ0v) is 14.1. The summed E-state index contributed by atoms with van der Waals surface area (Å²) in [5.41, 5.74) is 3.74. The second-order valence-corrected chi connectivity index (χ2v) is 6.40. The molecule has 2 heterocycles. The molecule has 0 aliphatic rings. The molecular weight excluding hydrogens is 306 g/mol. The number of carbonyl (C=O) groups is 1. The number of carbonyl (C=O) groups excluding carboxylic acids is 1. The van der Waals surface area contributed by atoms with Gasteiger partial charge in [-0.3, -0.25) is 9.78 Å². The number of para-hydroxylation sites is 1. The van der Waals surface area contributed by atoms with Crippen LogP contribution in [0.25, 0.3) is 21.8 Å². The van der Waals surface area contributed by atoms with Gasteiger partial charge in [0.05, 0.1) is 10.6 Å². The molecule has 0 aliphatic heterocycles. The van der Waals surface area contributed by atoms with E-state index < -0.39 is 0 Å². The third kappa shape index (κ3) is 3.00. The highest BCUT2D eigenvalue weighted by molar-refractivity contribution is 7.17. The summed E-state index contributed by atoms with van der Waals surface area (Å²) in [5.74, 6) is 0.0337. The van der Waals surface area contributed by atoms with Crippen LogP contribution in [-0.4, -0.2) is 29.8 Å². The van der Waals surface area contributed by atoms with E-state index in [2.05, 4.69) is 4.98 Å². The van der Waals surface area contributed by atoms with E-state index >= 15 is 0 Å². The fourth-order valence-electron chi connectivity index (χ4n) is 2.42. The zero-order valence-electron chi connectivity index (χ0n) is 13.3. The van der Waals surface area contributed by atoms with Crippen molar-refractivity contribution in [3.8, 4) is 21.8 Å². The lowest BCUT2D eigenvalue weighted by Crippen LogP contribution is -2.10. The Kier molecular flexibility index (Phi) is 4.21. The molecule has 0 bridgehead atoms. The van der Waals surface area contributed by atoms with Gasteiger partial charge in [0.1, 0.15) is 5.01 Å². The fraction of sp³-hybridized carbons (Fsp3) is 0.167. The maximum Gasteiger partial charge on any atom is 0.172 e. The Morgan fingerprint density at radius 2 is 1.78 bits per heavy atom. The highest BCUT2D eigenvalue weighted by Gasteiger charge is 2.20. The van der Waals surface area contributed by atoms with Crippen molar-refractivity contribution < 1.29 is 4.79 Å². The van der Waals surface area contributed by atoms with Gasteiger partial charge in [-0.15, -0.1) is 11.3 Å². The topological polar surface area (TPSA) is 46.1 Å². The predicted molar refractivity (Wildman–Crippen MR) is 95.1 cm³/mol. The third-order valence-corrected chi connectivity index (χ3v) is 4.72. The van der Waals surface area contributed by atoms with Gasteiger partial charge in [0, 0.05) is 50.2 Å². The van der Waals surface area contributed by atoms with Crippen molar-refractivity contribution in [3.63, 3.8) is 0 Å². The van der Waals surface area contributed by atoms with Crippen LogP contribution in [0.1, 0.15) is 16.6 Å². The molecule has 5 heteroatoms. The second kappa shape index (κ2) is 6.30. The Morgan fingerprint density at radius 3 is 2.43 bits per heavy atom. The van der Waals surface area contributed by atoms with Gasteiger partial charge in [0.25, 0.3) is 0 Å². The lowest BCUT2D eigenvalue weighted by molar-refractivity contribution is 0.102. The second-order valence-electron chi connectivity index (χ2n) is 5.40. The van der Waals surface area contributed by atoms with Gasteiger partial charge < -0.3 is 4.90 Å². The van der Waals surface area contributed by atoms with Crippen molar-refractivity contribution in [1.29, 1.82) is 0 Å². The van der Waals surface area contributed by atoms with E-state index in [-0.39, 0.29) is 5.78 Å². The van der Waals surface area contributed by atoms with Crippen molar-refractivity contribution in [3.05, 3.63) is 53.7 Å². The minimum absolute atomic E-state index is 0.0337. The maximum atomic E-state index is 12.1. The van der Waals surface area contributed by atoms with Crippen LogP contribution >= 0.6 is 11.3 Å². The van der Waals surface area contributed by atoms with Gasteiger partial charge in [-0.1, -0.05) is 18.2 Å². The standard InChI is InChI=1S/C18H17N3OS/c1-12(22)17-16(14-6-4-5-7-15(14)21(2)3)20-18(23-17)13-8-10-19-11-9-13/h4-11H,1-3H3. The fourth-order valence-corrected chi connectivity index (χ4v) is 3.40. The van der Waals surface area contributed by atoms with E-state index in [4.69, 9.17) is 4.98 Å².